The van der Waals surface area contributed by atoms with E-state index >= 15 is 0 Å². The number of nitrogens with zero attached hydrogens (tertiary/aromatic N) is 2. The lowest BCUT2D eigenvalue weighted by atomic mass is 9.97. The van der Waals surface area contributed by atoms with Crippen LogP contribution in [0.25, 0.3) is 0 Å². The number of carboxylic acid groups (broad SMARTS) is 1. The van der Waals surface area contributed by atoms with E-state index in [9.17, 15) is 9.59 Å². The van der Waals surface area contributed by atoms with E-state index in [-0.39, 0.29) is 11.8 Å². The van der Waals surface area contributed by atoms with Crippen molar-refractivity contribution in [2.24, 2.45) is 5.92 Å². The molecule has 1 N–H and O–H groups in total. The minimum atomic E-state index is -0.728. The van der Waals surface area contributed by atoms with Gasteiger partial charge in [0.15, 0.2) is 0 Å². The van der Waals surface area contributed by atoms with Crippen molar-refractivity contribution in [1.82, 2.24) is 9.80 Å². The summed E-state index contributed by atoms with van der Waals surface area (Å²) in [5.74, 6) is 0.252. The summed E-state index contributed by atoms with van der Waals surface area (Å²) < 4.78 is 0. The van der Waals surface area contributed by atoms with Gasteiger partial charge >= 0.3 is 5.97 Å². The summed E-state index contributed by atoms with van der Waals surface area (Å²) in [6.07, 6.45) is 1.18. The van der Waals surface area contributed by atoms with Crippen LogP contribution in [-0.4, -0.2) is 70.5 Å². The Balaban J connectivity index is 1.76. The summed E-state index contributed by atoms with van der Waals surface area (Å²) in [4.78, 5) is 27.1. The largest absolute Gasteiger partial charge is 0.481 e. The zero-order valence-corrected chi connectivity index (χ0v) is 12.2. The van der Waals surface area contributed by atoms with Crippen LogP contribution in [0.4, 0.5) is 0 Å². The highest BCUT2D eigenvalue weighted by atomic mass is 32.2. The summed E-state index contributed by atoms with van der Waals surface area (Å²) in [6, 6.07) is 0. The maximum atomic E-state index is 12.2. The quantitative estimate of drug-likeness (QED) is 0.829. The molecule has 19 heavy (non-hydrogen) atoms. The summed E-state index contributed by atoms with van der Waals surface area (Å²) in [6.45, 7) is 5.82. The van der Waals surface area contributed by atoms with E-state index in [0.717, 1.165) is 18.8 Å². The van der Waals surface area contributed by atoms with Gasteiger partial charge in [-0.2, -0.15) is 11.8 Å². The summed E-state index contributed by atoms with van der Waals surface area (Å²) in [7, 11) is 0. The molecule has 2 aliphatic rings. The minimum Gasteiger partial charge on any atom is -0.481 e. The second-order valence-corrected chi connectivity index (χ2v) is 6.96. The average Bonchev–Trinajstić information content (AvgIpc) is 2.39. The molecule has 0 radical (unpaired) electrons. The average molecular weight is 286 g/mol. The Bertz CT molecular complexity index is 343. The maximum Gasteiger partial charge on any atom is 0.306 e. The molecule has 1 unspecified atom stereocenters. The second-order valence-electron chi connectivity index (χ2n) is 5.41. The van der Waals surface area contributed by atoms with Crippen LogP contribution in [0.3, 0.4) is 0 Å². The first-order valence-corrected chi connectivity index (χ1v) is 7.95. The van der Waals surface area contributed by atoms with Gasteiger partial charge in [-0.15, -0.1) is 0 Å². The monoisotopic (exact) mass is 286 g/mol. The molecule has 2 fully saturated rings. The lowest BCUT2D eigenvalue weighted by Crippen LogP contribution is -2.47. The van der Waals surface area contributed by atoms with Gasteiger partial charge in [0.2, 0.25) is 5.91 Å². The molecule has 0 aromatic rings. The number of rotatable bonds is 3. The molecule has 6 heteroatoms. The smallest absolute Gasteiger partial charge is 0.306 e. The number of carboxylic acids is 1. The van der Waals surface area contributed by atoms with Gasteiger partial charge in [-0.05, 0) is 12.8 Å². The standard InChI is InChI=1S/C13H22N2O3S/c1-10-8-14(6-7-19-10)9-12(16)15-4-2-11(3-5-15)13(17)18/h10-11H,2-9H2,1H3,(H,17,18). The Morgan fingerprint density at radius 3 is 2.53 bits per heavy atom. The van der Waals surface area contributed by atoms with Crippen LogP contribution >= 0.6 is 11.8 Å². The van der Waals surface area contributed by atoms with Gasteiger partial charge in [0.25, 0.3) is 0 Å². The fourth-order valence-corrected chi connectivity index (χ4v) is 3.78. The Kier molecular flexibility index (Phi) is 5.10. The fourth-order valence-electron chi connectivity index (χ4n) is 2.70. The van der Waals surface area contributed by atoms with E-state index in [1.807, 2.05) is 16.7 Å². The molecule has 0 aliphatic carbocycles. The van der Waals surface area contributed by atoms with E-state index in [2.05, 4.69) is 11.8 Å². The zero-order chi connectivity index (χ0) is 13.8. The zero-order valence-electron chi connectivity index (χ0n) is 11.4. The van der Waals surface area contributed by atoms with Gasteiger partial charge in [-0.1, -0.05) is 6.92 Å². The Morgan fingerprint density at radius 1 is 1.26 bits per heavy atom. The van der Waals surface area contributed by atoms with Crippen LogP contribution < -0.4 is 0 Å². The van der Waals surface area contributed by atoms with Crippen LogP contribution in [0, 0.1) is 5.92 Å². The molecule has 0 bridgehead atoms. The number of hydrogen-bond acceptors (Lipinski definition) is 4. The molecule has 0 saturated carbocycles. The predicted octanol–water partition coefficient (Wildman–Crippen LogP) is 0.747. The lowest BCUT2D eigenvalue weighted by molar-refractivity contribution is -0.146. The highest BCUT2D eigenvalue weighted by molar-refractivity contribution is 7.99. The second kappa shape index (κ2) is 6.61. The molecule has 0 spiro atoms. The molecular weight excluding hydrogens is 264 g/mol. The number of carbonyl (C=O) groups is 2. The van der Waals surface area contributed by atoms with Crippen LogP contribution in [0.1, 0.15) is 19.8 Å². The molecule has 0 aromatic heterocycles. The Morgan fingerprint density at radius 2 is 1.95 bits per heavy atom. The summed E-state index contributed by atoms with van der Waals surface area (Å²) in [5, 5.41) is 9.54. The molecule has 2 rings (SSSR count). The maximum absolute atomic E-state index is 12.2. The van der Waals surface area contributed by atoms with E-state index in [1.165, 1.54) is 0 Å². The molecule has 2 heterocycles. The van der Waals surface area contributed by atoms with Gasteiger partial charge < -0.3 is 10.0 Å². The molecular formula is C13H22N2O3S. The number of aliphatic carboxylic acids is 1. The first-order valence-electron chi connectivity index (χ1n) is 6.91. The Hall–Kier alpha value is -0.750. The third-order valence-electron chi connectivity index (χ3n) is 3.88. The molecule has 0 aromatic carbocycles. The summed E-state index contributed by atoms with van der Waals surface area (Å²) >= 11 is 1.96. The van der Waals surface area contributed by atoms with E-state index in [1.54, 1.807) is 0 Å². The number of thioether (sulfide) groups is 1. The van der Waals surface area contributed by atoms with Crippen molar-refractivity contribution >= 4 is 23.6 Å². The highest BCUT2D eigenvalue weighted by Gasteiger charge is 2.28. The molecule has 1 amide bonds. The lowest BCUT2D eigenvalue weighted by Gasteiger charge is -2.34. The number of hydrogen-bond donors (Lipinski definition) is 1. The van der Waals surface area contributed by atoms with Gasteiger partial charge in [0.1, 0.15) is 0 Å². The molecule has 5 nitrogen and oxygen atoms in total. The van der Waals surface area contributed by atoms with Crippen molar-refractivity contribution in [1.29, 1.82) is 0 Å². The number of likely N-dealkylation sites (tertiary alicyclic amines) is 1. The fraction of sp³-hybridized carbons (Fsp3) is 0.846. The van der Waals surface area contributed by atoms with E-state index in [0.29, 0.717) is 37.7 Å². The SMILES string of the molecule is CC1CN(CC(=O)N2CCC(C(=O)O)CC2)CCS1. The van der Waals surface area contributed by atoms with Gasteiger partial charge in [-0.25, -0.2) is 0 Å². The number of piperidine rings is 1. The van der Waals surface area contributed by atoms with E-state index < -0.39 is 5.97 Å². The highest BCUT2D eigenvalue weighted by Crippen LogP contribution is 2.20. The van der Waals surface area contributed by atoms with Gasteiger partial charge in [-0.3, -0.25) is 14.5 Å². The third kappa shape index (κ3) is 4.11. The van der Waals surface area contributed by atoms with Crippen LogP contribution in [0.2, 0.25) is 0 Å². The van der Waals surface area contributed by atoms with Gasteiger partial charge in [0, 0.05) is 37.2 Å². The van der Waals surface area contributed by atoms with E-state index in [4.69, 9.17) is 5.11 Å². The molecule has 2 saturated heterocycles. The van der Waals surface area contributed by atoms with Crippen molar-refractivity contribution in [2.75, 3.05) is 38.5 Å². The first-order chi connectivity index (χ1) is 9.06. The molecule has 2 aliphatic heterocycles. The summed E-state index contributed by atoms with van der Waals surface area (Å²) in [5.41, 5.74) is 0. The molecule has 1 atom stereocenters. The van der Waals surface area contributed by atoms with Gasteiger partial charge in [0.05, 0.1) is 12.5 Å². The van der Waals surface area contributed by atoms with Crippen LogP contribution in [-0.2, 0) is 9.59 Å². The van der Waals surface area contributed by atoms with Crippen LogP contribution in [0.5, 0.6) is 0 Å². The van der Waals surface area contributed by atoms with Crippen molar-refractivity contribution in [2.45, 2.75) is 25.0 Å². The van der Waals surface area contributed by atoms with Crippen molar-refractivity contribution in [3.63, 3.8) is 0 Å². The molecule has 108 valence electrons. The number of amides is 1. The van der Waals surface area contributed by atoms with Crippen molar-refractivity contribution in [3.05, 3.63) is 0 Å². The van der Waals surface area contributed by atoms with Crippen molar-refractivity contribution in [3.8, 4) is 0 Å². The first kappa shape index (κ1) is 14.7. The van der Waals surface area contributed by atoms with Crippen LogP contribution in [0.15, 0.2) is 0 Å². The van der Waals surface area contributed by atoms with Crippen molar-refractivity contribution < 1.29 is 14.7 Å². The normalized spacial score (nSPS) is 26.4. The number of carbonyl (C=O) groups excluding carboxylic acids is 1. The Labute approximate surface area is 118 Å². The third-order valence-corrected chi connectivity index (χ3v) is 5.02. The predicted molar refractivity (Wildman–Crippen MR) is 75.3 cm³/mol. The topological polar surface area (TPSA) is 60.9 Å². The minimum absolute atomic E-state index is 0.155.